The Balaban J connectivity index is 2.66. The number of aromatic nitrogens is 1. The number of para-hydroxylation sites is 1. The summed E-state index contributed by atoms with van der Waals surface area (Å²) in [5.41, 5.74) is 2.67. The second kappa shape index (κ2) is 6.91. The Kier molecular flexibility index (Phi) is 4.95. The monoisotopic (exact) mass is 313 g/mol. The highest BCUT2D eigenvalue weighted by atomic mass is 16.3. The predicted octanol–water partition coefficient (Wildman–Crippen LogP) is 2.41. The number of nitrogens with zero attached hydrogens (tertiary/aromatic N) is 2. The molecule has 6 nitrogen and oxygen atoms in total. The van der Waals surface area contributed by atoms with E-state index in [2.05, 4.69) is 17.1 Å². The Bertz CT molecular complexity index is 850. The summed E-state index contributed by atoms with van der Waals surface area (Å²) in [6.45, 7) is 7.52. The van der Waals surface area contributed by atoms with E-state index in [9.17, 15) is 14.7 Å². The number of carbonyl (C=O) groups is 1. The third-order valence-electron chi connectivity index (χ3n) is 3.54. The van der Waals surface area contributed by atoms with Gasteiger partial charge in [0.2, 0.25) is 0 Å². The largest absolute Gasteiger partial charge is 0.506 e. The first-order valence-corrected chi connectivity index (χ1v) is 7.30. The minimum Gasteiger partial charge on any atom is -0.506 e. The molecule has 1 amide bonds. The minimum absolute atomic E-state index is 0.233. The molecule has 0 aliphatic rings. The molecule has 2 rings (SSSR count). The second-order valence-corrected chi connectivity index (χ2v) is 5.09. The highest BCUT2D eigenvalue weighted by Gasteiger charge is 2.21. The predicted molar refractivity (Wildman–Crippen MR) is 90.9 cm³/mol. The van der Waals surface area contributed by atoms with Crippen molar-refractivity contribution in [1.29, 1.82) is 0 Å². The summed E-state index contributed by atoms with van der Waals surface area (Å²) in [6.07, 6.45) is 2.23. The van der Waals surface area contributed by atoms with E-state index < -0.39 is 11.5 Å². The van der Waals surface area contributed by atoms with Crippen LogP contribution in [0, 0.1) is 0 Å². The maximum absolute atomic E-state index is 12.6. The maximum atomic E-state index is 12.6. The van der Waals surface area contributed by atoms with E-state index in [-0.39, 0.29) is 17.9 Å². The van der Waals surface area contributed by atoms with Crippen LogP contribution in [0.3, 0.4) is 0 Å². The number of allylic oxidation sites excluding steroid dienone is 1. The van der Waals surface area contributed by atoms with Crippen molar-refractivity contribution in [3.05, 3.63) is 52.8 Å². The molecule has 0 radical (unpaired) electrons. The lowest BCUT2D eigenvalue weighted by Crippen LogP contribution is -2.31. The number of carbonyl (C=O) groups excluding carboxylic acids is 1. The molecule has 1 heterocycles. The lowest BCUT2D eigenvalue weighted by molar-refractivity contribution is 0.0950. The van der Waals surface area contributed by atoms with Gasteiger partial charge in [0.1, 0.15) is 11.3 Å². The molecule has 120 valence electrons. The van der Waals surface area contributed by atoms with Gasteiger partial charge in [-0.3, -0.25) is 9.59 Å². The average molecular weight is 313 g/mol. The Morgan fingerprint density at radius 3 is 2.78 bits per heavy atom. The van der Waals surface area contributed by atoms with Crippen molar-refractivity contribution in [3.63, 3.8) is 0 Å². The fraction of sp³-hybridized carbons (Fsp3) is 0.235. The number of fused-ring (bicyclic) bond motifs is 1. The van der Waals surface area contributed by atoms with Crippen LogP contribution < -0.4 is 11.0 Å². The van der Waals surface area contributed by atoms with Crippen LogP contribution in [0.15, 0.2) is 46.8 Å². The van der Waals surface area contributed by atoms with Crippen molar-refractivity contribution in [3.8, 4) is 5.75 Å². The van der Waals surface area contributed by atoms with Gasteiger partial charge in [0, 0.05) is 17.6 Å². The molecule has 0 aliphatic carbocycles. The van der Waals surface area contributed by atoms with Gasteiger partial charge in [0.15, 0.2) is 0 Å². The number of hydrogen-bond acceptors (Lipinski definition) is 4. The quantitative estimate of drug-likeness (QED) is 0.505. The molecule has 0 atom stereocenters. The smallest absolute Gasteiger partial charge is 0.280 e. The van der Waals surface area contributed by atoms with Crippen molar-refractivity contribution in [2.24, 2.45) is 5.10 Å². The zero-order valence-corrected chi connectivity index (χ0v) is 13.2. The number of hydrazone groups is 1. The molecule has 0 unspecified atom stereocenters. The molecule has 0 saturated heterocycles. The van der Waals surface area contributed by atoms with Gasteiger partial charge in [-0.1, -0.05) is 25.1 Å². The van der Waals surface area contributed by atoms with Gasteiger partial charge >= 0.3 is 0 Å². The Morgan fingerprint density at radius 1 is 1.43 bits per heavy atom. The van der Waals surface area contributed by atoms with Crippen LogP contribution in [0.25, 0.3) is 10.9 Å². The van der Waals surface area contributed by atoms with Crippen LogP contribution in [-0.4, -0.2) is 21.3 Å². The fourth-order valence-electron chi connectivity index (χ4n) is 2.19. The molecular formula is C17H19N3O3. The molecule has 0 fully saturated rings. The maximum Gasteiger partial charge on any atom is 0.280 e. The number of nitrogens with one attached hydrogen (secondary N) is 1. The molecule has 2 aromatic rings. The number of benzene rings is 1. The minimum atomic E-state index is -0.733. The van der Waals surface area contributed by atoms with Crippen LogP contribution in [0.4, 0.5) is 0 Å². The van der Waals surface area contributed by atoms with Crippen LogP contribution in [-0.2, 0) is 6.54 Å². The van der Waals surface area contributed by atoms with E-state index in [1.165, 1.54) is 4.57 Å². The van der Waals surface area contributed by atoms with Gasteiger partial charge in [-0.15, -0.1) is 6.58 Å². The molecule has 0 aliphatic heterocycles. The zero-order valence-electron chi connectivity index (χ0n) is 13.2. The van der Waals surface area contributed by atoms with Gasteiger partial charge in [-0.05, 0) is 25.5 Å². The normalized spacial score (nSPS) is 11.5. The summed E-state index contributed by atoms with van der Waals surface area (Å²) in [6, 6.07) is 6.85. The van der Waals surface area contributed by atoms with E-state index in [0.717, 1.165) is 0 Å². The number of rotatable bonds is 5. The van der Waals surface area contributed by atoms with Gasteiger partial charge in [-0.2, -0.15) is 5.10 Å². The number of aromatic hydroxyl groups is 1. The molecule has 0 spiro atoms. The van der Waals surface area contributed by atoms with Crippen molar-refractivity contribution in [1.82, 2.24) is 9.99 Å². The molecule has 1 aromatic heterocycles. The van der Waals surface area contributed by atoms with Crippen molar-refractivity contribution < 1.29 is 9.90 Å². The summed E-state index contributed by atoms with van der Waals surface area (Å²) >= 11 is 0. The third kappa shape index (κ3) is 3.15. The average Bonchev–Trinajstić information content (AvgIpc) is 2.56. The molecule has 23 heavy (non-hydrogen) atoms. The van der Waals surface area contributed by atoms with Crippen molar-refractivity contribution in [2.75, 3.05) is 0 Å². The lowest BCUT2D eigenvalue weighted by Gasteiger charge is -2.13. The van der Waals surface area contributed by atoms with E-state index in [1.807, 2.05) is 6.92 Å². The Morgan fingerprint density at radius 2 is 2.13 bits per heavy atom. The topological polar surface area (TPSA) is 83.7 Å². The lowest BCUT2D eigenvalue weighted by atomic mass is 10.1. The summed E-state index contributed by atoms with van der Waals surface area (Å²) in [4.78, 5) is 24.9. The van der Waals surface area contributed by atoms with Gasteiger partial charge in [0.25, 0.3) is 11.5 Å². The highest BCUT2D eigenvalue weighted by Crippen LogP contribution is 2.26. The molecule has 1 aromatic carbocycles. The van der Waals surface area contributed by atoms with Crippen LogP contribution in [0.5, 0.6) is 5.75 Å². The van der Waals surface area contributed by atoms with E-state index in [0.29, 0.717) is 23.0 Å². The third-order valence-corrected chi connectivity index (χ3v) is 3.54. The van der Waals surface area contributed by atoms with E-state index in [1.54, 1.807) is 37.3 Å². The Hall–Kier alpha value is -2.89. The Labute approximate surface area is 133 Å². The number of pyridine rings is 1. The second-order valence-electron chi connectivity index (χ2n) is 5.09. The molecule has 2 N–H and O–H groups in total. The summed E-state index contributed by atoms with van der Waals surface area (Å²) < 4.78 is 1.40. The first-order chi connectivity index (χ1) is 11.0. The SMILES string of the molecule is C=CCn1c(=O)c(C(=O)N/N=C(/C)CC)c(O)c2ccccc21. The molecule has 0 bridgehead atoms. The number of hydrogen-bond donors (Lipinski definition) is 2. The van der Waals surface area contributed by atoms with E-state index in [4.69, 9.17) is 0 Å². The van der Waals surface area contributed by atoms with Gasteiger partial charge < -0.3 is 9.67 Å². The van der Waals surface area contributed by atoms with Crippen molar-refractivity contribution in [2.45, 2.75) is 26.8 Å². The fourth-order valence-corrected chi connectivity index (χ4v) is 2.19. The summed E-state index contributed by atoms with van der Waals surface area (Å²) in [7, 11) is 0. The summed E-state index contributed by atoms with van der Waals surface area (Å²) in [5.74, 6) is -1.07. The van der Waals surface area contributed by atoms with Crippen LogP contribution >= 0.6 is 0 Å². The summed E-state index contributed by atoms with van der Waals surface area (Å²) in [5, 5.41) is 14.7. The first-order valence-electron chi connectivity index (χ1n) is 7.30. The zero-order chi connectivity index (χ0) is 17.0. The van der Waals surface area contributed by atoms with Crippen LogP contribution in [0.2, 0.25) is 0 Å². The van der Waals surface area contributed by atoms with Crippen LogP contribution in [0.1, 0.15) is 30.6 Å². The first kappa shape index (κ1) is 16.5. The molecular weight excluding hydrogens is 294 g/mol. The van der Waals surface area contributed by atoms with Crippen molar-refractivity contribution >= 4 is 22.5 Å². The van der Waals surface area contributed by atoms with Gasteiger partial charge in [-0.25, -0.2) is 5.43 Å². The standard InChI is InChI=1S/C17H19N3O3/c1-4-10-20-13-9-7-6-8-12(13)15(21)14(17(20)23)16(22)19-18-11(3)5-2/h4,6-9,21H,1,5,10H2,2-3H3,(H,19,22)/b18-11-. The molecule has 0 saturated carbocycles. The highest BCUT2D eigenvalue weighted by molar-refractivity contribution is 6.02. The van der Waals surface area contributed by atoms with E-state index >= 15 is 0 Å². The molecule has 6 heteroatoms. The van der Waals surface area contributed by atoms with Gasteiger partial charge in [0.05, 0.1) is 5.52 Å². The number of amides is 1.